The van der Waals surface area contributed by atoms with Crippen molar-refractivity contribution in [3.05, 3.63) is 44.8 Å². The van der Waals surface area contributed by atoms with Crippen molar-refractivity contribution < 1.29 is 0 Å². The average Bonchev–Trinajstić information content (AvgIpc) is 3.16. The SMILES string of the molecule is CCCNC(c1ccc(-c2cccc(I)c2)s1)C1CC1. The van der Waals surface area contributed by atoms with Gasteiger partial charge in [-0.2, -0.15) is 0 Å². The van der Waals surface area contributed by atoms with Crippen molar-refractivity contribution in [1.82, 2.24) is 5.32 Å². The minimum absolute atomic E-state index is 0.580. The van der Waals surface area contributed by atoms with Gasteiger partial charge in [-0.15, -0.1) is 11.3 Å². The Morgan fingerprint density at radius 2 is 2.15 bits per heavy atom. The average molecular weight is 397 g/mol. The predicted octanol–water partition coefficient (Wildman–Crippen LogP) is 5.47. The molecule has 1 saturated carbocycles. The zero-order chi connectivity index (χ0) is 13.9. The molecular formula is C17H20INS. The van der Waals surface area contributed by atoms with Crippen molar-refractivity contribution in [2.24, 2.45) is 5.92 Å². The van der Waals surface area contributed by atoms with E-state index in [0.29, 0.717) is 6.04 Å². The minimum atomic E-state index is 0.580. The summed E-state index contributed by atoms with van der Waals surface area (Å²) in [6.45, 7) is 3.36. The fourth-order valence-corrected chi connectivity index (χ4v) is 4.26. The largest absolute Gasteiger partial charge is 0.309 e. The van der Waals surface area contributed by atoms with Gasteiger partial charge < -0.3 is 5.32 Å². The molecule has 1 aliphatic carbocycles. The summed E-state index contributed by atoms with van der Waals surface area (Å²) < 4.78 is 1.30. The maximum Gasteiger partial charge on any atom is 0.0443 e. The summed E-state index contributed by atoms with van der Waals surface area (Å²) in [4.78, 5) is 2.90. The van der Waals surface area contributed by atoms with Gasteiger partial charge in [-0.1, -0.05) is 19.1 Å². The molecule has 20 heavy (non-hydrogen) atoms. The molecule has 3 rings (SSSR count). The van der Waals surface area contributed by atoms with Crippen molar-refractivity contribution in [1.29, 1.82) is 0 Å². The molecule has 3 heteroatoms. The molecule has 0 bridgehead atoms. The monoisotopic (exact) mass is 397 g/mol. The molecule has 106 valence electrons. The van der Waals surface area contributed by atoms with Crippen molar-refractivity contribution in [2.75, 3.05) is 6.54 Å². The van der Waals surface area contributed by atoms with Gasteiger partial charge in [-0.05, 0) is 84.1 Å². The van der Waals surface area contributed by atoms with Gasteiger partial charge in [0.2, 0.25) is 0 Å². The fraction of sp³-hybridized carbons (Fsp3) is 0.412. The zero-order valence-corrected chi connectivity index (χ0v) is 14.7. The van der Waals surface area contributed by atoms with Crippen molar-refractivity contribution in [2.45, 2.75) is 32.2 Å². The van der Waals surface area contributed by atoms with E-state index in [0.717, 1.165) is 12.5 Å². The van der Waals surface area contributed by atoms with Crippen LogP contribution in [0.1, 0.15) is 37.1 Å². The van der Waals surface area contributed by atoms with Crippen molar-refractivity contribution >= 4 is 33.9 Å². The first-order valence-electron chi connectivity index (χ1n) is 7.37. The number of hydrogen-bond donors (Lipinski definition) is 1. The van der Waals surface area contributed by atoms with E-state index < -0.39 is 0 Å². The first-order valence-corrected chi connectivity index (χ1v) is 9.26. The molecule has 1 nitrogen and oxygen atoms in total. The molecule has 0 spiro atoms. The number of halogens is 1. The standard InChI is InChI=1S/C17H20INS/c1-2-10-19-17(12-6-7-12)16-9-8-15(20-16)13-4-3-5-14(18)11-13/h3-5,8-9,11-12,17,19H,2,6-7,10H2,1H3. The summed E-state index contributed by atoms with van der Waals surface area (Å²) in [5.41, 5.74) is 1.35. The van der Waals surface area contributed by atoms with Gasteiger partial charge in [0.15, 0.2) is 0 Å². The molecule has 0 saturated heterocycles. The molecule has 1 aliphatic rings. The van der Waals surface area contributed by atoms with E-state index in [2.05, 4.69) is 71.2 Å². The van der Waals surface area contributed by atoms with Gasteiger partial charge >= 0.3 is 0 Å². The highest BCUT2D eigenvalue weighted by Crippen LogP contribution is 2.44. The molecule has 1 unspecified atom stereocenters. The highest BCUT2D eigenvalue weighted by molar-refractivity contribution is 14.1. The van der Waals surface area contributed by atoms with Crippen LogP contribution in [0.4, 0.5) is 0 Å². The molecular weight excluding hydrogens is 377 g/mol. The lowest BCUT2D eigenvalue weighted by molar-refractivity contribution is 0.488. The summed E-state index contributed by atoms with van der Waals surface area (Å²) in [5.74, 6) is 0.865. The summed E-state index contributed by atoms with van der Waals surface area (Å²) in [6.07, 6.45) is 3.98. The molecule has 0 amide bonds. The second-order valence-electron chi connectivity index (χ2n) is 5.48. The smallest absolute Gasteiger partial charge is 0.0443 e. The third-order valence-electron chi connectivity index (χ3n) is 3.75. The third-order valence-corrected chi connectivity index (χ3v) is 5.64. The maximum absolute atomic E-state index is 3.73. The molecule has 1 atom stereocenters. The number of thiophene rings is 1. The zero-order valence-electron chi connectivity index (χ0n) is 11.7. The molecule has 1 N–H and O–H groups in total. The van der Waals surface area contributed by atoms with Crippen LogP contribution in [0.5, 0.6) is 0 Å². The van der Waals surface area contributed by atoms with Crippen LogP contribution >= 0.6 is 33.9 Å². The third kappa shape index (κ3) is 3.43. The van der Waals surface area contributed by atoms with Crippen LogP contribution in [0.25, 0.3) is 10.4 Å². The summed E-state index contributed by atoms with van der Waals surface area (Å²) in [6, 6.07) is 14.0. The Labute approximate surface area is 138 Å². The molecule has 2 aromatic rings. The van der Waals surface area contributed by atoms with Crippen LogP contribution < -0.4 is 5.32 Å². The summed E-state index contributed by atoms with van der Waals surface area (Å²) in [7, 11) is 0. The quantitative estimate of drug-likeness (QED) is 0.638. The van der Waals surface area contributed by atoms with E-state index in [1.165, 1.54) is 38.2 Å². The second-order valence-corrected chi connectivity index (χ2v) is 7.84. The van der Waals surface area contributed by atoms with Crippen LogP contribution in [0, 0.1) is 9.49 Å². The molecule has 0 aliphatic heterocycles. The van der Waals surface area contributed by atoms with Crippen molar-refractivity contribution in [3.8, 4) is 10.4 Å². The van der Waals surface area contributed by atoms with E-state index in [-0.39, 0.29) is 0 Å². The lowest BCUT2D eigenvalue weighted by Gasteiger charge is -2.16. The highest BCUT2D eigenvalue weighted by atomic mass is 127. The number of hydrogen-bond acceptors (Lipinski definition) is 2. The van der Waals surface area contributed by atoms with E-state index in [1.54, 1.807) is 0 Å². The van der Waals surface area contributed by atoms with E-state index in [9.17, 15) is 0 Å². The van der Waals surface area contributed by atoms with Crippen molar-refractivity contribution in [3.63, 3.8) is 0 Å². The Morgan fingerprint density at radius 1 is 1.30 bits per heavy atom. The van der Waals surface area contributed by atoms with E-state index >= 15 is 0 Å². The maximum atomic E-state index is 3.73. The molecule has 1 fully saturated rings. The molecule has 1 aromatic heterocycles. The van der Waals surface area contributed by atoms with Gasteiger partial charge in [0.05, 0.1) is 0 Å². The van der Waals surface area contributed by atoms with Crippen LogP contribution in [0.3, 0.4) is 0 Å². The number of rotatable bonds is 6. The highest BCUT2D eigenvalue weighted by Gasteiger charge is 2.32. The Kier molecular flexibility index (Phi) is 4.79. The normalized spacial score (nSPS) is 16.3. The summed E-state index contributed by atoms with van der Waals surface area (Å²) >= 11 is 4.34. The Morgan fingerprint density at radius 3 is 2.85 bits per heavy atom. The van der Waals surface area contributed by atoms with Gasteiger partial charge in [-0.3, -0.25) is 0 Å². The van der Waals surface area contributed by atoms with Crippen LogP contribution in [-0.4, -0.2) is 6.54 Å². The van der Waals surface area contributed by atoms with Crippen LogP contribution in [0.2, 0.25) is 0 Å². The van der Waals surface area contributed by atoms with Gasteiger partial charge in [0.25, 0.3) is 0 Å². The molecule has 1 aromatic carbocycles. The Bertz CT molecular complexity index is 574. The van der Waals surface area contributed by atoms with Crippen LogP contribution in [0.15, 0.2) is 36.4 Å². The van der Waals surface area contributed by atoms with E-state index in [1.807, 2.05) is 11.3 Å². The Balaban J connectivity index is 1.81. The minimum Gasteiger partial charge on any atom is -0.309 e. The number of nitrogens with one attached hydrogen (secondary N) is 1. The second kappa shape index (κ2) is 6.58. The summed E-state index contributed by atoms with van der Waals surface area (Å²) in [5, 5.41) is 3.73. The van der Waals surface area contributed by atoms with Gasteiger partial charge in [-0.25, -0.2) is 0 Å². The Hall–Kier alpha value is -0.390. The first-order chi connectivity index (χ1) is 9.78. The van der Waals surface area contributed by atoms with E-state index in [4.69, 9.17) is 0 Å². The number of benzene rings is 1. The predicted molar refractivity (Wildman–Crippen MR) is 96.2 cm³/mol. The fourth-order valence-electron chi connectivity index (χ4n) is 2.55. The first kappa shape index (κ1) is 14.5. The lowest BCUT2D eigenvalue weighted by atomic mass is 10.1. The lowest BCUT2D eigenvalue weighted by Crippen LogP contribution is -2.22. The van der Waals surface area contributed by atoms with Crippen LogP contribution in [-0.2, 0) is 0 Å². The topological polar surface area (TPSA) is 12.0 Å². The van der Waals surface area contributed by atoms with Gasteiger partial charge in [0.1, 0.15) is 0 Å². The van der Waals surface area contributed by atoms with Gasteiger partial charge in [0, 0.05) is 19.4 Å². The molecule has 1 heterocycles. The molecule has 0 radical (unpaired) electrons.